The van der Waals surface area contributed by atoms with Gasteiger partial charge in [0.15, 0.2) is 5.76 Å². The van der Waals surface area contributed by atoms with Gasteiger partial charge in [0.1, 0.15) is 0 Å². The van der Waals surface area contributed by atoms with Crippen molar-refractivity contribution in [3.63, 3.8) is 0 Å². The summed E-state index contributed by atoms with van der Waals surface area (Å²) >= 11 is 0. The van der Waals surface area contributed by atoms with Crippen LogP contribution in [0.1, 0.15) is 77.6 Å². The van der Waals surface area contributed by atoms with E-state index in [1.54, 1.807) is 6.08 Å². The van der Waals surface area contributed by atoms with Crippen LogP contribution in [0.15, 0.2) is 23.9 Å². The van der Waals surface area contributed by atoms with Crippen LogP contribution in [-0.2, 0) is 0 Å². The summed E-state index contributed by atoms with van der Waals surface area (Å²) in [5.41, 5.74) is 0. The van der Waals surface area contributed by atoms with Gasteiger partial charge in [-0.3, -0.25) is 0 Å². The minimum absolute atomic E-state index is 0.466. The van der Waals surface area contributed by atoms with Crippen molar-refractivity contribution in [3.05, 3.63) is 23.9 Å². The Labute approximate surface area is 117 Å². The largest absolute Gasteiger partial charge is 0.502 e. The highest BCUT2D eigenvalue weighted by Gasteiger charge is 1.94. The maximum Gasteiger partial charge on any atom is 0.318 e. The molecule has 0 radical (unpaired) electrons. The van der Waals surface area contributed by atoms with Gasteiger partial charge in [0.25, 0.3) is 0 Å². The van der Waals surface area contributed by atoms with Crippen molar-refractivity contribution in [2.75, 3.05) is 0 Å². The van der Waals surface area contributed by atoms with E-state index in [0.29, 0.717) is 0 Å². The molecule has 0 rings (SSSR count). The van der Waals surface area contributed by atoms with Crippen LogP contribution in [0.5, 0.6) is 0 Å². The van der Waals surface area contributed by atoms with Crippen LogP contribution in [0.4, 0.5) is 0 Å². The SMILES string of the molecule is CCCCCCCCCCCCC=CC(O)=C(O)O. The second-order valence-electron chi connectivity index (χ2n) is 5.08. The Bertz CT molecular complexity index is 253. The average Bonchev–Trinajstić information content (AvgIpc) is 2.39. The van der Waals surface area contributed by atoms with Crippen LogP contribution < -0.4 is 0 Å². The van der Waals surface area contributed by atoms with Gasteiger partial charge >= 0.3 is 5.95 Å². The predicted molar refractivity (Wildman–Crippen MR) is 80.5 cm³/mol. The minimum atomic E-state index is -1.01. The van der Waals surface area contributed by atoms with Crippen LogP contribution >= 0.6 is 0 Å². The van der Waals surface area contributed by atoms with Gasteiger partial charge in [0.2, 0.25) is 0 Å². The zero-order valence-corrected chi connectivity index (χ0v) is 12.3. The summed E-state index contributed by atoms with van der Waals surface area (Å²) in [5.74, 6) is -1.48. The van der Waals surface area contributed by atoms with Crippen LogP contribution in [0.2, 0.25) is 0 Å². The Morgan fingerprint density at radius 3 is 1.68 bits per heavy atom. The highest BCUT2D eigenvalue weighted by atomic mass is 16.5. The highest BCUT2D eigenvalue weighted by molar-refractivity contribution is 5.09. The van der Waals surface area contributed by atoms with E-state index in [0.717, 1.165) is 12.8 Å². The molecule has 0 aromatic rings. The smallest absolute Gasteiger partial charge is 0.318 e. The maximum absolute atomic E-state index is 8.98. The van der Waals surface area contributed by atoms with Crippen molar-refractivity contribution < 1.29 is 15.3 Å². The lowest BCUT2D eigenvalue weighted by Gasteiger charge is -2.01. The van der Waals surface area contributed by atoms with Crippen molar-refractivity contribution in [3.8, 4) is 0 Å². The first-order valence-electron chi connectivity index (χ1n) is 7.66. The molecule has 0 aliphatic rings. The Morgan fingerprint density at radius 1 is 0.737 bits per heavy atom. The summed E-state index contributed by atoms with van der Waals surface area (Å²) in [6.07, 6.45) is 17.0. The molecule has 0 aliphatic carbocycles. The molecule has 0 fully saturated rings. The zero-order chi connectivity index (χ0) is 14.3. The molecule has 112 valence electrons. The highest BCUT2D eigenvalue weighted by Crippen LogP contribution is 2.11. The van der Waals surface area contributed by atoms with Crippen molar-refractivity contribution in [1.82, 2.24) is 0 Å². The van der Waals surface area contributed by atoms with E-state index in [9.17, 15) is 0 Å². The summed E-state index contributed by atoms with van der Waals surface area (Å²) in [4.78, 5) is 0. The van der Waals surface area contributed by atoms with Crippen molar-refractivity contribution in [2.24, 2.45) is 0 Å². The van der Waals surface area contributed by atoms with Gasteiger partial charge in [-0.1, -0.05) is 70.8 Å². The fraction of sp³-hybridized carbons (Fsp3) is 0.750. The van der Waals surface area contributed by atoms with E-state index >= 15 is 0 Å². The van der Waals surface area contributed by atoms with E-state index in [1.807, 2.05) is 0 Å². The number of aliphatic hydroxyl groups excluding tert-OH is 2. The van der Waals surface area contributed by atoms with Gasteiger partial charge in [-0.25, -0.2) is 0 Å². The lowest BCUT2D eigenvalue weighted by Crippen LogP contribution is -1.84. The van der Waals surface area contributed by atoms with E-state index in [4.69, 9.17) is 15.3 Å². The van der Waals surface area contributed by atoms with E-state index in [2.05, 4.69) is 6.92 Å². The molecular formula is C16H30O3. The maximum atomic E-state index is 8.98. The Morgan fingerprint density at radius 2 is 1.21 bits per heavy atom. The molecular weight excluding hydrogens is 240 g/mol. The normalized spacial score (nSPS) is 11.0. The van der Waals surface area contributed by atoms with Gasteiger partial charge in [0, 0.05) is 0 Å². The second-order valence-corrected chi connectivity index (χ2v) is 5.08. The van der Waals surface area contributed by atoms with Gasteiger partial charge in [-0.15, -0.1) is 0 Å². The molecule has 3 heteroatoms. The molecule has 0 atom stereocenters. The number of hydrogen-bond acceptors (Lipinski definition) is 3. The molecule has 19 heavy (non-hydrogen) atoms. The van der Waals surface area contributed by atoms with Crippen LogP contribution in [-0.4, -0.2) is 15.3 Å². The summed E-state index contributed by atoms with van der Waals surface area (Å²) in [6, 6.07) is 0. The van der Waals surface area contributed by atoms with Crippen molar-refractivity contribution in [2.45, 2.75) is 77.6 Å². The molecule has 3 N–H and O–H groups in total. The molecule has 0 aromatic heterocycles. The van der Waals surface area contributed by atoms with E-state index in [1.165, 1.54) is 63.9 Å². The second kappa shape index (κ2) is 13.3. The molecule has 0 aliphatic heterocycles. The first-order valence-corrected chi connectivity index (χ1v) is 7.66. The first kappa shape index (κ1) is 17.9. The zero-order valence-electron chi connectivity index (χ0n) is 12.3. The third kappa shape index (κ3) is 13.1. The van der Waals surface area contributed by atoms with Crippen molar-refractivity contribution >= 4 is 0 Å². The summed E-state index contributed by atoms with van der Waals surface area (Å²) in [6.45, 7) is 2.24. The number of allylic oxidation sites excluding steroid dienone is 2. The first-order chi connectivity index (χ1) is 9.18. The molecule has 0 amide bonds. The topological polar surface area (TPSA) is 60.7 Å². The molecule has 0 spiro atoms. The summed E-state index contributed by atoms with van der Waals surface area (Å²) < 4.78 is 0. The van der Waals surface area contributed by atoms with Crippen molar-refractivity contribution in [1.29, 1.82) is 0 Å². The fourth-order valence-corrected chi connectivity index (χ4v) is 2.02. The van der Waals surface area contributed by atoms with Gasteiger partial charge in [0.05, 0.1) is 0 Å². The lowest BCUT2D eigenvalue weighted by atomic mass is 10.1. The number of unbranched alkanes of at least 4 members (excludes halogenated alkanes) is 10. The van der Waals surface area contributed by atoms with Gasteiger partial charge < -0.3 is 15.3 Å². The van der Waals surface area contributed by atoms with E-state index in [-0.39, 0.29) is 0 Å². The predicted octanol–water partition coefficient (Wildman–Crippen LogP) is 5.70. The Hall–Kier alpha value is -1.12. The third-order valence-electron chi connectivity index (χ3n) is 3.23. The summed E-state index contributed by atoms with van der Waals surface area (Å²) in [5, 5.41) is 26.0. The molecule has 0 unspecified atom stereocenters. The van der Waals surface area contributed by atoms with Crippen LogP contribution in [0.25, 0.3) is 0 Å². The molecule has 0 saturated heterocycles. The molecule has 0 heterocycles. The number of aliphatic hydroxyl groups is 3. The molecule has 3 nitrogen and oxygen atoms in total. The fourth-order valence-electron chi connectivity index (χ4n) is 2.02. The molecule has 0 aromatic carbocycles. The third-order valence-corrected chi connectivity index (χ3v) is 3.23. The monoisotopic (exact) mass is 270 g/mol. The number of rotatable bonds is 12. The Balaban J connectivity index is 3.21. The minimum Gasteiger partial charge on any atom is -0.502 e. The molecule has 0 bridgehead atoms. The number of hydrogen-bond donors (Lipinski definition) is 3. The van der Waals surface area contributed by atoms with Crippen LogP contribution in [0.3, 0.4) is 0 Å². The quantitative estimate of drug-likeness (QED) is 0.242. The van der Waals surface area contributed by atoms with Gasteiger partial charge in [-0.2, -0.15) is 0 Å². The average molecular weight is 270 g/mol. The Kier molecular flexibility index (Phi) is 12.5. The van der Waals surface area contributed by atoms with Gasteiger partial charge in [-0.05, 0) is 18.9 Å². The van der Waals surface area contributed by atoms with E-state index < -0.39 is 11.7 Å². The van der Waals surface area contributed by atoms with Crippen LogP contribution in [0, 0.1) is 0 Å². The lowest BCUT2D eigenvalue weighted by molar-refractivity contribution is 0.163. The molecule has 0 saturated carbocycles. The standard InChI is InChI=1S/C16H30O3/c1-2-3-4-5-6-7-8-9-10-11-12-13-14-15(17)16(18)19/h13-14,17-19H,2-12H2,1H3. The summed E-state index contributed by atoms with van der Waals surface area (Å²) in [7, 11) is 0.